The number of imide groups is 1. The van der Waals surface area contributed by atoms with E-state index in [1.165, 1.54) is 4.57 Å². The van der Waals surface area contributed by atoms with E-state index in [0.717, 1.165) is 49.1 Å². The molecule has 0 bridgehead atoms. The van der Waals surface area contributed by atoms with Crippen LogP contribution in [0.3, 0.4) is 0 Å². The van der Waals surface area contributed by atoms with E-state index in [2.05, 4.69) is 10.2 Å². The van der Waals surface area contributed by atoms with Gasteiger partial charge in [-0.2, -0.15) is 0 Å². The van der Waals surface area contributed by atoms with E-state index in [0.29, 0.717) is 19.6 Å². The number of aryl methyl sites for hydroxylation is 2. The fraction of sp³-hybridized carbons (Fsp3) is 0.571. The number of hydrogen-bond donors (Lipinski definition) is 2. The van der Waals surface area contributed by atoms with Gasteiger partial charge in [0.2, 0.25) is 11.8 Å². The van der Waals surface area contributed by atoms with Gasteiger partial charge in [-0.05, 0) is 37.4 Å². The lowest BCUT2D eigenvalue weighted by molar-refractivity contribution is -0.135. The van der Waals surface area contributed by atoms with Crippen molar-refractivity contribution in [3.05, 3.63) is 34.2 Å². The Morgan fingerprint density at radius 1 is 1.27 bits per heavy atom. The zero-order valence-corrected chi connectivity index (χ0v) is 17.3. The lowest BCUT2D eigenvalue weighted by Gasteiger charge is -2.32. The molecule has 0 spiro atoms. The normalized spacial score (nSPS) is 23.1. The van der Waals surface area contributed by atoms with Crippen LogP contribution in [0.5, 0.6) is 0 Å². The Bertz CT molecular complexity index is 1010. The molecule has 162 valence electrons. The summed E-state index contributed by atoms with van der Waals surface area (Å²) in [6.45, 7) is 3.95. The summed E-state index contributed by atoms with van der Waals surface area (Å²) >= 11 is 0. The molecule has 2 atom stereocenters. The van der Waals surface area contributed by atoms with E-state index >= 15 is 0 Å². The van der Waals surface area contributed by atoms with Crippen LogP contribution in [0.15, 0.2) is 23.0 Å². The van der Waals surface area contributed by atoms with Crippen LogP contribution in [0.1, 0.15) is 30.9 Å². The van der Waals surface area contributed by atoms with Crippen molar-refractivity contribution in [2.75, 3.05) is 32.8 Å². The SMILES string of the molecule is Cn1c(=O)n(C2CCC(=O)NC2=O)c2cccc(CCCN3CCO[C@H](CN)C3)c21. The number of fused-ring (bicyclic) bond motifs is 1. The maximum absolute atomic E-state index is 13.0. The first-order valence-corrected chi connectivity index (χ1v) is 10.6. The highest BCUT2D eigenvalue weighted by atomic mass is 16.5. The van der Waals surface area contributed by atoms with Gasteiger partial charge in [-0.25, -0.2) is 4.79 Å². The van der Waals surface area contributed by atoms with Gasteiger partial charge in [0.1, 0.15) is 6.04 Å². The molecule has 0 aliphatic carbocycles. The molecule has 9 nitrogen and oxygen atoms in total. The second kappa shape index (κ2) is 8.71. The number of benzene rings is 1. The van der Waals surface area contributed by atoms with Crippen molar-refractivity contribution >= 4 is 22.8 Å². The molecule has 2 aliphatic heterocycles. The van der Waals surface area contributed by atoms with Crippen molar-refractivity contribution in [3.63, 3.8) is 0 Å². The van der Waals surface area contributed by atoms with Gasteiger partial charge in [0.15, 0.2) is 0 Å². The number of morpholine rings is 1. The van der Waals surface area contributed by atoms with Gasteiger partial charge >= 0.3 is 5.69 Å². The van der Waals surface area contributed by atoms with Gasteiger partial charge in [-0.3, -0.25) is 28.9 Å². The number of rotatable bonds is 6. The molecule has 9 heteroatoms. The quantitative estimate of drug-likeness (QED) is 0.638. The number of nitrogens with one attached hydrogen (secondary N) is 1. The standard InChI is InChI=1S/C21H29N5O4/c1-24-19-14(5-3-9-25-10-11-30-15(12-22)13-25)4-2-6-16(19)26(21(24)29)17-7-8-18(27)23-20(17)28/h2,4,6,15,17H,3,5,7-13,22H2,1H3,(H,23,27,28)/t15-,17?/m1/s1. The molecule has 3 heterocycles. The van der Waals surface area contributed by atoms with Crippen molar-refractivity contribution in [1.29, 1.82) is 0 Å². The smallest absolute Gasteiger partial charge is 0.329 e. The number of nitrogens with zero attached hydrogens (tertiary/aromatic N) is 3. The monoisotopic (exact) mass is 415 g/mol. The maximum atomic E-state index is 13.0. The highest BCUT2D eigenvalue weighted by Crippen LogP contribution is 2.25. The van der Waals surface area contributed by atoms with Crippen molar-refractivity contribution in [3.8, 4) is 0 Å². The van der Waals surface area contributed by atoms with Crippen LogP contribution in [0, 0.1) is 0 Å². The molecule has 2 amide bonds. The minimum atomic E-state index is -0.657. The third kappa shape index (κ3) is 3.92. The largest absolute Gasteiger partial charge is 0.374 e. The first-order valence-electron chi connectivity index (χ1n) is 10.6. The van der Waals surface area contributed by atoms with Crippen LogP contribution < -0.4 is 16.7 Å². The number of hydrogen-bond acceptors (Lipinski definition) is 6. The number of para-hydroxylation sites is 1. The number of carbonyl (C=O) groups is 2. The van der Waals surface area contributed by atoms with Crippen LogP contribution in [-0.4, -0.2) is 64.7 Å². The summed E-state index contributed by atoms with van der Waals surface area (Å²) in [5.74, 6) is -0.696. The van der Waals surface area contributed by atoms with Crippen molar-refractivity contribution in [2.45, 2.75) is 37.8 Å². The number of ether oxygens (including phenoxy) is 1. The predicted molar refractivity (Wildman–Crippen MR) is 112 cm³/mol. The summed E-state index contributed by atoms with van der Waals surface area (Å²) < 4.78 is 8.78. The van der Waals surface area contributed by atoms with Gasteiger partial charge in [0, 0.05) is 33.1 Å². The number of carbonyl (C=O) groups excluding carboxylic acids is 2. The van der Waals surface area contributed by atoms with Gasteiger partial charge in [0.25, 0.3) is 0 Å². The molecule has 2 aromatic rings. The molecule has 2 fully saturated rings. The highest BCUT2D eigenvalue weighted by Gasteiger charge is 2.31. The van der Waals surface area contributed by atoms with E-state index in [1.54, 1.807) is 11.6 Å². The molecule has 3 N–H and O–H groups in total. The molecular formula is C21H29N5O4. The number of piperidine rings is 1. The van der Waals surface area contributed by atoms with Crippen LogP contribution >= 0.6 is 0 Å². The van der Waals surface area contributed by atoms with E-state index in [4.69, 9.17) is 10.5 Å². The molecule has 2 saturated heterocycles. The first kappa shape index (κ1) is 20.8. The lowest BCUT2D eigenvalue weighted by Crippen LogP contribution is -2.45. The number of nitrogens with two attached hydrogens (primary N) is 1. The predicted octanol–water partition coefficient (Wildman–Crippen LogP) is -0.0902. The molecule has 4 rings (SSSR count). The number of amides is 2. The van der Waals surface area contributed by atoms with E-state index < -0.39 is 11.9 Å². The average Bonchev–Trinajstić information content (AvgIpc) is 2.99. The second-order valence-corrected chi connectivity index (χ2v) is 8.10. The summed E-state index contributed by atoms with van der Waals surface area (Å²) in [5.41, 5.74) is 8.18. The molecule has 1 aromatic carbocycles. The molecule has 2 aliphatic rings. The summed E-state index contributed by atoms with van der Waals surface area (Å²) in [6, 6.07) is 5.19. The Kier molecular flexibility index (Phi) is 6.03. The van der Waals surface area contributed by atoms with Crippen molar-refractivity contribution in [1.82, 2.24) is 19.4 Å². The maximum Gasteiger partial charge on any atom is 0.329 e. The topological polar surface area (TPSA) is 112 Å². The zero-order chi connectivity index (χ0) is 21.3. The van der Waals surface area contributed by atoms with Crippen molar-refractivity contribution in [2.24, 2.45) is 12.8 Å². The third-order valence-electron chi connectivity index (χ3n) is 6.11. The minimum absolute atomic E-state index is 0.102. The van der Waals surface area contributed by atoms with Gasteiger partial charge in [-0.15, -0.1) is 0 Å². The van der Waals surface area contributed by atoms with Crippen LogP contribution in [0.2, 0.25) is 0 Å². The molecule has 1 aromatic heterocycles. The first-order chi connectivity index (χ1) is 14.5. The average molecular weight is 415 g/mol. The molecule has 1 unspecified atom stereocenters. The van der Waals surface area contributed by atoms with E-state index in [9.17, 15) is 14.4 Å². The lowest BCUT2D eigenvalue weighted by atomic mass is 10.0. The van der Waals surface area contributed by atoms with Crippen molar-refractivity contribution < 1.29 is 14.3 Å². The van der Waals surface area contributed by atoms with E-state index in [-0.39, 0.29) is 24.1 Å². The van der Waals surface area contributed by atoms with Gasteiger partial charge in [0.05, 0.1) is 23.7 Å². The summed E-state index contributed by atoms with van der Waals surface area (Å²) in [5, 5.41) is 2.35. The van der Waals surface area contributed by atoms with Crippen LogP contribution in [0.25, 0.3) is 11.0 Å². The Morgan fingerprint density at radius 3 is 2.87 bits per heavy atom. The zero-order valence-electron chi connectivity index (χ0n) is 17.3. The molecule has 0 radical (unpaired) electrons. The number of imidazole rings is 1. The Morgan fingerprint density at radius 2 is 2.10 bits per heavy atom. The molecular weight excluding hydrogens is 386 g/mol. The van der Waals surface area contributed by atoms with Gasteiger partial charge < -0.3 is 10.5 Å². The number of aromatic nitrogens is 2. The summed E-state index contributed by atoms with van der Waals surface area (Å²) in [4.78, 5) is 39.2. The fourth-order valence-corrected chi connectivity index (χ4v) is 4.57. The second-order valence-electron chi connectivity index (χ2n) is 8.10. The summed E-state index contributed by atoms with van der Waals surface area (Å²) in [6.07, 6.45) is 2.46. The minimum Gasteiger partial charge on any atom is -0.374 e. The van der Waals surface area contributed by atoms with Crippen LogP contribution in [-0.2, 0) is 27.8 Å². The Balaban J connectivity index is 1.55. The molecule has 0 saturated carbocycles. The van der Waals surface area contributed by atoms with Crippen LogP contribution in [0.4, 0.5) is 0 Å². The van der Waals surface area contributed by atoms with E-state index in [1.807, 2.05) is 18.2 Å². The Labute approximate surface area is 174 Å². The highest BCUT2D eigenvalue weighted by molar-refractivity contribution is 6.00. The fourth-order valence-electron chi connectivity index (χ4n) is 4.57. The molecule has 30 heavy (non-hydrogen) atoms. The summed E-state index contributed by atoms with van der Waals surface area (Å²) in [7, 11) is 1.74. The van der Waals surface area contributed by atoms with Gasteiger partial charge in [-0.1, -0.05) is 12.1 Å². The third-order valence-corrected chi connectivity index (χ3v) is 6.11. The Hall–Kier alpha value is -2.49.